The Balaban J connectivity index is -0.000000405. The highest BCUT2D eigenvalue weighted by Gasteiger charge is 2.14. The van der Waals surface area contributed by atoms with Gasteiger partial charge in [0.15, 0.2) is 0 Å². The Morgan fingerprint density at radius 3 is 2.42 bits per heavy atom. The third-order valence-corrected chi connectivity index (χ3v) is 1.13. The summed E-state index contributed by atoms with van der Waals surface area (Å²) >= 11 is 0. The minimum absolute atomic E-state index is 0. The number of carbonyl (C=O) groups is 1. The largest absolute Gasteiger partial charge is 0.480 e. The molecule has 0 amide bonds. The molecule has 0 spiro atoms. The van der Waals surface area contributed by atoms with Crippen LogP contribution in [0.2, 0.25) is 0 Å². The van der Waals surface area contributed by atoms with E-state index in [1.807, 2.05) is 0 Å². The molecule has 0 aliphatic rings. The monoisotopic (exact) mass is 204 g/mol. The second-order valence-electron chi connectivity index (χ2n) is 1.93. The van der Waals surface area contributed by atoms with Crippen LogP contribution in [0.25, 0.3) is 0 Å². The van der Waals surface area contributed by atoms with Crippen molar-refractivity contribution < 1.29 is 19.9 Å². The van der Waals surface area contributed by atoms with E-state index < -0.39 is 12.0 Å². The lowest BCUT2D eigenvalue weighted by Crippen LogP contribution is -2.31. The van der Waals surface area contributed by atoms with E-state index in [1.165, 1.54) is 5.54 Å². The van der Waals surface area contributed by atoms with Gasteiger partial charge < -0.3 is 16.3 Å². The first-order valence-electron chi connectivity index (χ1n) is 3.01. The molecule has 6 N–H and O–H groups in total. The minimum Gasteiger partial charge on any atom is -0.480 e. The lowest BCUT2D eigenvalue weighted by atomic mass is 10.2. The second-order valence-corrected chi connectivity index (χ2v) is 1.93. The van der Waals surface area contributed by atoms with Crippen LogP contribution in [0.5, 0.6) is 0 Å². The van der Waals surface area contributed by atoms with Gasteiger partial charge in [-0.15, -0.1) is 22.4 Å². The number of rotatable bonds is 5. The van der Waals surface area contributed by atoms with Crippen molar-refractivity contribution in [3.63, 3.8) is 0 Å². The van der Waals surface area contributed by atoms with Crippen LogP contribution in [0.15, 0.2) is 0 Å². The number of hydrogen-bond donors (Lipinski definition) is 3. The molecular weight excluding hydrogens is 191 g/mol. The molecule has 76 valence electrons. The highest BCUT2D eigenvalue weighted by atomic mass is 35.5. The van der Waals surface area contributed by atoms with Gasteiger partial charge in [-0.2, -0.15) is 0 Å². The van der Waals surface area contributed by atoms with Crippen LogP contribution in [0.3, 0.4) is 0 Å². The Kier molecular flexibility index (Phi) is 15.5. The van der Waals surface area contributed by atoms with Crippen molar-refractivity contribution in [2.45, 2.75) is 18.9 Å². The molecule has 0 fully saturated rings. The van der Waals surface area contributed by atoms with E-state index in [0.29, 0.717) is 13.0 Å². The van der Waals surface area contributed by atoms with Crippen LogP contribution < -0.4 is 11.3 Å². The Morgan fingerprint density at radius 1 is 1.67 bits per heavy atom. The van der Waals surface area contributed by atoms with Crippen LogP contribution in [-0.4, -0.2) is 29.1 Å². The lowest BCUT2D eigenvalue weighted by molar-refractivity contribution is -0.141. The number of nitrogens with two attached hydrogens (primary N) is 1. The van der Waals surface area contributed by atoms with E-state index in [4.69, 9.17) is 10.8 Å². The summed E-state index contributed by atoms with van der Waals surface area (Å²) in [6.07, 6.45) is 0.732. The maximum absolute atomic E-state index is 11.6. The van der Waals surface area contributed by atoms with Crippen LogP contribution in [0.1, 0.15) is 12.8 Å². The Morgan fingerprint density at radius 2 is 2.17 bits per heavy atom. The van der Waals surface area contributed by atoms with Crippen molar-refractivity contribution in [3.8, 4) is 0 Å². The summed E-state index contributed by atoms with van der Waals surface area (Å²) in [5.74, 6) is -1.18. The van der Waals surface area contributed by atoms with Gasteiger partial charge in [0.25, 0.3) is 0 Å². The highest BCUT2D eigenvalue weighted by Crippen LogP contribution is 1.95. The summed E-state index contributed by atoms with van der Waals surface area (Å²) < 4.78 is 11.6. The standard InChI is InChI=1S/C5H11FN2O2.ClH.H2O/c6-8-4(5(9)10)2-1-3-7;;/h4,8H,1-3,7H2,(H,9,10);1H;1H2/t4-;;/m0../s1. The predicted octanol–water partition coefficient (Wildman–Crippen LogP) is -0.750. The van der Waals surface area contributed by atoms with Crippen LogP contribution in [-0.2, 0) is 4.79 Å². The number of aliphatic carboxylic acids is 1. The molecule has 0 radical (unpaired) electrons. The maximum Gasteiger partial charge on any atom is 0.323 e. The summed E-state index contributed by atoms with van der Waals surface area (Å²) in [5.41, 5.74) is 6.27. The first-order valence-corrected chi connectivity index (χ1v) is 3.01. The molecule has 0 saturated carbocycles. The van der Waals surface area contributed by atoms with Crippen LogP contribution >= 0.6 is 12.4 Å². The van der Waals surface area contributed by atoms with Gasteiger partial charge in [0.2, 0.25) is 0 Å². The molecule has 0 aromatic carbocycles. The molecule has 0 aromatic heterocycles. The number of carboxylic acids is 1. The van der Waals surface area contributed by atoms with Gasteiger partial charge in [0.1, 0.15) is 6.04 Å². The third kappa shape index (κ3) is 7.67. The van der Waals surface area contributed by atoms with Crippen LogP contribution in [0.4, 0.5) is 4.48 Å². The Bertz CT molecular complexity index is 117. The molecular formula is C5H14ClFN2O3. The molecule has 0 rings (SSSR count). The lowest BCUT2D eigenvalue weighted by Gasteiger charge is -2.05. The maximum atomic E-state index is 11.6. The number of hydrogen-bond acceptors (Lipinski definition) is 3. The molecule has 0 bridgehead atoms. The number of halogens is 2. The summed E-state index contributed by atoms with van der Waals surface area (Å²) in [6, 6.07) is -1.11. The molecule has 12 heavy (non-hydrogen) atoms. The van der Waals surface area contributed by atoms with E-state index in [0.717, 1.165) is 0 Å². The van der Waals surface area contributed by atoms with Gasteiger partial charge in [0.05, 0.1) is 0 Å². The van der Waals surface area contributed by atoms with E-state index in [-0.39, 0.29) is 24.3 Å². The average Bonchev–Trinajstić information content (AvgIpc) is 1.89. The van der Waals surface area contributed by atoms with Gasteiger partial charge in [0, 0.05) is 0 Å². The molecule has 0 aromatic rings. The molecule has 1 atom stereocenters. The fourth-order valence-electron chi connectivity index (χ4n) is 0.547. The van der Waals surface area contributed by atoms with Crippen molar-refractivity contribution in [3.05, 3.63) is 0 Å². The molecule has 0 saturated heterocycles. The first-order chi connectivity index (χ1) is 4.72. The van der Waals surface area contributed by atoms with Gasteiger partial charge in [-0.1, -0.05) is 0 Å². The summed E-state index contributed by atoms with van der Waals surface area (Å²) in [7, 11) is 0. The summed E-state index contributed by atoms with van der Waals surface area (Å²) in [6.45, 7) is 0.380. The van der Waals surface area contributed by atoms with Gasteiger partial charge in [-0.25, -0.2) is 0 Å². The Labute approximate surface area is 75.8 Å². The van der Waals surface area contributed by atoms with E-state index in [2.05, 4.69) is 0 Å². The second kappa shape index (κ2) is 10.6. The fourth-order valence-corrected chi connectivity index (χ4v) is 0.547. The van der Waals surface area contributed by atoms with Gasteiger partial charge >= 0.3 is 5.97 Å². The summed E-state index contributed by atoms with van der Waals surface area (Å²) in [5, 5.41) is 8.26. The van der Waals surface area contributed by atoms with E-state index >= 15 is 0 Å². The zero-order valence-corrected chi connectivity index (χ0v) is 7.23. The van der Waals surface area contributed by atoms with Crippen LogP contribution in [0, 0.1) is 0 Å². The van der Waals surface area contributed by atoms with Crippen molar-refractivity contribution >= 4 is 18.4 Å². The fraction of sp³-hybridized carbons (Fsp3) is 0.800. The third-order valence-electron chi connectivity index (χ3n) is 1.13. The zero-order chi connectivity index (χ0) is 7.98. The predicted molar refractivity (Wildman–Crippen MR) is 44.8 cm³/mol. The SMILES string of the molecule is Cl.NCCC[C@H](NF)C(=O)O.O. The van der Waals surface area contributed by atoms with Gasteiger partial charge in [-0.3, -0.25) is 4.79 Å². The summed E-state index contributed by atoms with van der Waals surface area (Å²) in [4.78, 5) is 10.1. The van der Waals surface area contributed by atoms with E-state index in [1.54, 1.807) is 0 Å². The smallest absolute Gasteiger partial charge is 0.323 e. The van der Waals surface area contributed by atoms with Crippen molar-refractivity contribution in [2.24, 2.45) is 5.73 Å². The molecule has 0 aliphatic heterocycles. The highest BCUT2D eigenvalue weighted by molar-refractivity contribution is 5.85. The van der Waals surface area contributed by atoms with Gasteiger partial charge in [-0.05, 0) is 19.4 Å². The topological polar surface area (TPSA) is 107 Å². The minimum atomic E-state index is -1.18. The normalized spacial score (nSPS) is 10.8. The average molecular weight is 205 g/mol. The molecule has 0 unspecified atom stereocenters. The van der Waals surface area contributed by atoms with Crippen molar-refractivity contribution in [1.82, 2.24) is 5.54 Å². The molecule has 0 aliphatic carbocycles. The first kappa shape index (κ1) is 17.6. The number of nitrogens with one attached hydrogen (secondary N) is 1. The quantitative estimate of drug-likeness (QED) is 0.512. The van der Waals surface area contributed by atoms with Crippen molar-refractivity contribution in [2.75, 3.05) is 6.54 Å². The zero-order valence-electron chi connectivity index (χ0n) is 6.42. The van der Waals surface area contributed by atoms with Crippen molar-refractivity contribution in [1.29, 1.82) is 0 Å². The van der Waals surface area contributed by atoms with E-state index in [9.17, 15) is 9.28 Å². The number of carboxylic acid groups (broad SMARTS) is 1. The molecule has 7 heteroatoms. The molecule has 0 heterocycles. The Hall–Kier alpha value is -0.430. The molecule has 5 nitrogen and oxygen atoms in total.